The highest BCUT2D eigenvalue weighted by molar-refractivity contribution is 5.95. The number of hydrogen-bond donors (Lipinski definition) is 1. The fourth-order valence-corrected chi connectivity index (χ4v) is 3.95. The number of nitrogens with zero attached hydrogens (tertiary/aromatic N) is 1. The second-order valence-electron chi connectivity index (χ2n) is 7.84. The predicted octanol–water partition coefficient (Wildman–Crippen LogP) is 4.19. The molecular weight excluding hydrogens is 352 g/mol. The van der Waals surface area contributed by atoms with E-state index in [1.165, 1.54) is 18.5 Å². The van der Waals surface area contributed by atoms with Crippen LogP contribution in [0.15, 0.2) is 42.5 Å². The summed E-state index contributed by atoms with van der Waals surface area (Å²) >= 11 is 0. The lowest BCUT2D eigenvalue weighted by Gasteiger charge is -2.33. The van der Waals surface area contributed by atoms with Crippen molar-refractivity contribution in [3.05, 3.63) is 53.6 Å². The third kappa shape index (κ3) is 4.08. The lowest BCUT2D eigenvalue weighted by atomic mass is 9.99. The first kappa shape index (κ1) is 18.7. The van der Waals surface area contributed by atoms with Crippen LogP contribution in [0, 0.1) is 5.92 Å². The van der Waals surface area contributed by atoms with Crippen LogP contribution in [0.1, 0.15) is 48.7 Å². The number of piperidine rings is 1. The Labute approximate surface area is 166 Å². The van der Waals surface area contributed by atoms with Crippen molar-refractivity contribution in [3.8, 4) is 11.5 Å². The summed E-state index contributed by atoms with van der Waals surface area (Å²) in [6.07, 6.45) is 2.57. The molecule has 2 aromatic rings. The van der Waals surface area contributed by atoms with Gasteiger partial charge in [-0.25, -0.2) is 0 Å². The Morgan fingerprint density at radius 3 is 2.61 bits per heavy atom. The Morgan fingerprint density at radius 2 is 1.86 bits per heavy atom. The van der Waals surface area contributed by atoms with Gasteiger partial charge in [0.2, 0.25) is 0 Å². The van der Waals surface area contributed by atoms with E-state index in [1.54, 1.807) is 18.2 Å². The van der Waals surface area contributed by atoms with Gasteiger partial charge < -0.3 is 19.7 Å². The van der Waals surface area contributed by atoms with Gasteiger partial charge in [-0.1, -0.05) is 19.1 Å². The van der Waals surface area contributed by atoms with E-state index in [-0.39, 0.29) is 11.9 Å². The molecule has 2 aromatic carbocycles. The minimum Gasteiger partial charge on any atom is -0.486 e. The Morgan fingerprint density at radius 1 is 1.11 bits per heavy atom. The SMILES string of the molecule is CC1CCCN(c2ccc(C(C)NC(=O)c3ccc4c(c3)OCCO4)cc2)C1. The summed E-state index contributed by atoms with van der Waals surface area (Å²) < 4.78 is 11.1. The van der Waals surface area contributed by atoms with Gasteiger partial charge in [-0.2, -0.15) is 0 Å². The molecule has 0 spiro atoms. The standard InChI is InChI=1S/C23H28N2O3/c1-16-4-3-11-25(15-16)20-8-5-18(6-9-20)17(2)24-23(26)19-7-10-21-22(14-19)28-13-12-27-21/h5-10,14,16-17H,3-4,11-13,15H2,1-2H3,(H,24,26). The number of carbonyl (C=O) groups is 1. The van der Waals surface area contributed by atoms with Crippen LogP contribution in [0.5, 0.6) is 11.5 Å². The van der Waals surface area contributed by atoms with Crippen LogP contribution >= 0.6 is 0 Å². The highest BCUT2D eigenvalue weighted by Crippen LogP contribution is 2.31. The van der Waals surface area contributed by atoms with E-state index in [1.807, 2.05) is 6.92 Å². The van der Waals surface area contributed by atoms with Crippen molar-refractivity contribution in [2.24, 2.45) is 5.92 Å². The Balaban J connectivity index is 1.40. The number of fused-ring (bicyclic) bond motifs is 1. The van der Waals surface area contributed by atoms with Gasteiger partial charge in [-0.15, -0.1) is 0 Å². The van der Waals surface area contributed by atoms with Crippen LogP contribution in [-0.4, -0.2) is 32.2 Å². The summed E-state index contributed by atoms with van der Waals surface area (Å²) in [7, 11) is 0. The molecule has 2 aliphatic rings. The molecule has 2 heterocycles. The quantitative estimate of drug-likeness (QED) is 0.864. The Bertz CT molecular complexity index is 834. The molecule has 0 aliphatic carbocycles. The van der Waals surface area contributed by atoms with Gasteiger partial charge in [-0.05, 0) is 61.6 Å². The molecule has 1 saturated heterocycles. The van der Waals surface area contributed by atoms with Crippen LogP contribution in [-0.2, 0) is 0 Å². The zero-order chi connectivity index (χ0) is 19.5. The molecule has 0 radical (unpaired) electrons. The molecule has 1 fully saturated rings. The monoisotopic (exact) mass is 380 g/mol. The van der Waals surface area contributed by atoms with Crippen LogP contribution in [0.25, 0.3) is 0 Å². The molecule has 1 N–H and O–H groups in total. The van der Waals surface area contributed by atoms with Crippen molar-refractivity contribution >= 4 is 11.6 Å². The number of nitrogens with one attached hydrogen (secondary N) is 1. The van der Waals surface area contributed by atoms with Gasteiger partial charge in [0.1, 0.15) is 13.2 Å². The fourth-order valence-electron chi connectivity index (χ4n) is 3.95. The highest BCUT2D eigenvalue weighted by Gasteiger charge is 2.18. The van der Waals surface area contributed by atoms with Gasteiger partial charge in [0.05, 0.1) is 6.04 Å². The fraction of sp³-hybridized carbons (Fsp3) is 0.435. The maximum atomic E-state index is 12.6. The van der Waals surface area contributed by atoms with Crippen molar-refractivity contribution < 1.29 is 14.3 Å². The molecule has 0 bridgehead atoms. The Hall–Kier alpha value is -2.69. The van der Waals surface area contributed by atoms with E-state index in [0.29, 0.717) is 30.3 Å². The number of amides is 1. The lowest BCUT2D eigenvalue weighted by molar-refractivity contribution is 0.0938. The van der Waals surface area contributed by atoms with E-state index < -0.39 is 0 Å². The largest absolute Gasteiger partial charge is 0.486 e. The third-order valence-electron chi connectivity index (χ3n) is 5.57. The van der Waals surface area contributed by atoms with Crippen molar-refractivity contribution in [2.45, 2.75) is 32.7 Å². The first-order valence-electron chi connectivity index (χ1n) is 10.2. The van der Waals surface area contributed by atoms with Gasteiger partial charge in [-0.3, -0.25) is 4.79 Å². The summed E-state index contributed by atoms with van der Waals surface area (Å²) in [5, 5.41) is 3.08. The normalized spacial score (nSPS) is 19.8. The number of hydrogen-bond acceptors (Lipinski definition) is 4. The second kappa shape index (κ2) is 8.13. The number of benzene rings is 2. The second-order valence-corrected chi connectivity index (χ2v) is 7.84. The summed E-state index contributed by atoms with van der Waals surface area (Å²) in [5.74, 6) is 1.96. The summed E-state index contributed by atoms with van der Waals surface area (Å²) in [6, 6.07) is 13.8. The molecule has 0 aromatic heterocycles. The molecule has 2 atom stereocenters. The van der Waals surface area contributed by atoms with Crippen molar-refractivity contribution in [1.82, 2.24) is 5.32 Å². The smallest absolute Gasteiger partial charge is 0.251 e. The van der Waals surface area contributed by atoms with Crippen LogP contribution in [0.3, 0.4) is 0 Å². The van der Waals surface area contributed by atoms with E-state index in [0.717, 1.165) is 24.6 Å². The molecule has 1 amide bonds. The van der Waals surface area contributed by atoms with Crippen LogP contribution < -0.4 is 19.7 Å². The molecule has 5 heteroatoms. The lowest BCUT2D eigenvalue weighted by Crippen LogP contribution is -2.34. The average Bonchev–Trinajstić information content (AvgIpc) is 2.73. The topological polar surface area (TPSA) is 50.8 Å². The number of carbonyl (C=O) groups excluding carboxylic acids is 1. The zero-order valence-corrected chi connectivity index (χ0v) is 16.6. The predicted molar refractivity (Wildman–Crippen MR) is 110 cm³/mol. The maximum absolute atomic E-state index is 12.6. The van der Waals surface area contributed by atoms with E-state index in [4.69, 9.17) is 9.47 Å². The molecule has 28 heavy (non-hydrogen) atoms. The highest BCUT2D eigenvalue weighted by atomic mass is 16.6. The summed E-state index contributed by atoms with van der Waals surface area (Å²) in [5.41, 5.74) is 2.94. The molecule has 5 nitrogen and oxygen atoms in total. The minimum absolute atomic E-state index is 0.0740. The first-order chi connectivity index (χ1) is 13.6. The number of ether oxygens (including phenoxy) is 2. The summed E-state index contributed by atoms with van der Waals surface area (Å²) in [6.45, 7) is 7.62. The first-order valence-corrected chi connectivity index (χ1v) is 10.2. The van der Waals surface area contributed by atoms with E-state index >= 15 is 0 Å². The minimum atomic E-state index is -0.113. The van der Waals surface area contributed by atoms with Gasteiger partial charge >= 0.3 is 0 Å². The van der Waals surface area contributed by atoms with E-state index in [2.05, 4.69) is 41.4 Å². The van der Waals surface area contributed by atoms with Gasteiger partial charge in [0, 0.05) is 24.3 Å². The molecule has 4 rings (SSSR count). The summed E-state index contributed by atoms with van der Waals surface area (Å²) in [4.78, 5) is 15.1. The third-order valence-corrected chi connectivity index (χ3v) is 5.57. The zero-order valence-electron chi connectivity index (χ0n) is 16.6. The molecule has 148 valence electrons. The maximum Gasteiger partial charge on any atom is 0.251 e. The molecule has 0 saturated carbocycles. The van der Waals surface area contributed by atoms with Crippen molar-refractivity contribution in [3.63, 3.8) is 0 Å². The van der Waals surface area contributed by atoms with Crippen LogP contribution in [0.4, 0.5) is 5.69 Å². The van der Waals surface area contributed by atoms with E-state index in [9.17, 15) is 4.79 Å². The van der Waals surface area contributed by atoms with Gasteiger partial charge in [0.25, 0.3) is 5.91 Å². The molecular formula is C23H28N2O3. The number of anilines is 1. The molecule has 2 aliphatic heterocycles. The van der Waals surface area contributed by atoms with Crippen molar-refractivity contribution in [2.75, 3.05) is 31.2 Å². The number of rotatable bonds is 4. The molecule has 2 unspecified atom stereocenters. The van der Waals surface area contributed by atoms with Crippen LogP contribution in [0.2, 0.25) is 0 Å². The van der Waals surface area contributed by atoms with Crippen molar-refractivity contribution in [1.29, 1.82) is 0 Å². The van der Waals surface area contributed by atoms with Gasteiger partial charge in [0.15, 0.2) is 11.5 Å². The Kier molecular flexibility index (Phi) is 5.42. The average molecular weight is 380 g/mol.